The molecule has 0 rings (SSSR count). The van der Waals surface area contributed by atoms with Crippen molar-refractivity contribution >= 4 is 36.3 Å². The number of unbranched alkanes of at least 4 members (excludes halogenated alkanes) is 1. The molecule has 0 aromatic carbocycles. The smallest absolute Gasteiger partial charge is 0.327 e. The lowest BCUT2D eigenvalue weighted by Crippen LogP contribution is -2.58. The van der Waals surface area contributed by atoms with Gasteiger partial charge in [-0.15, -0.1) is 0 Å². The first-order valence-corrected chi connectivity index (χ1v) is 11.3. The van der Waals surface area contributed by atoms with E-state index in [0.29, 0.717) is 25.8 Å². The van der Waals surface area contributed by atoms with Gasteiger partial charge < -0.3 is 32.5 Å². The van der Waals surface area contributed by atoms with E-state index in [1.807, 2.05) is 13.8 Å². The maximum atomic E-state index is 12.9. The van der Waals surface area contributed by atoms with Crippen LogP contribution < -0.4 is 27.4 Å². The van der Waals surface area contributed by atoms with E-state index in [1.54, 1.807) is 13.8 Å². The van der Waals surface area contributed by atoms with Gasteiger partial charge in [-0.2, -0.15) is 12.6 Å². The number of thiol groups is 1. The quantitative estimate of drug-likeness (QED) is 0.128. The Balaban J connectivity index is 5.42. The molecule has 0 spiro atoms. The molecule has 10 nitrogen and oxygen atoms in total. The predicted molar refractivity (Wildman–Crippen MR) is 122 cm³/mol. The van der Waals surface area contributed by atoms with Gasteiger partial charge in [0.2, 0.25) is 17.7 Å². The van der Waals surface area contributed by atoms with Crippen LogP contribution in [0.5, 0.6) is 0 Å². The maximum Gasteiger partial charge on any atom is 0.327 e. The van der Waals surface area contributed by atoms with Crippen molar-refractivity contribution in [3.8, 4) is 0 Å². The Kier molecular flexibility index (Phi) is 14.1. The van der Waals surface area contributed by atoms with Crippen LogP contribution in [-0.2, 0) is 19.2 Å². The third-order valence-electron chi connectivity index (χ3n) is 4.74. The number of nitrogens with two attached hydrogens (primary N) is 2. The molecule has 0 aliphatic carbocycles. The number of carboxylic acid groups (broad SMARTS) is 1. The second-order valence-corrected chi connectivity index (χ2v) is 8.75. The lowest BCUT2D eigenvalue weighted by Gasteiger charge is -2.26. The normalized spacial score (nSPS) is 15.1. The lowest BCUT2D eigenvalue weighted by atomic mass is 9.99. The van der Waals surface area contributed by atoms with E-state index in [1.165, 1.54) is 0 Å². The van der Waals surface area contributed by atoms with Crippen molar-refractivity contribution in [3.05, 3.63) is 0 Å². The molecule has 0 fully saturated rings. The summed E-state index contributed by atoms with van der Waals surface area (Å²) in [7, 11) is 0. The van der Waals surface area contributed by atoms with Crippen molar-refractivity contribution in [1.29, 1.82) is 0 Å². The van der Waals surface area contributed by atoms with E-state index in [2.05, 4.69) is 28.6 Å². The summed E-state index contributed by atoms with van der Waals surface area (Å²) in [6, 6.07) is -3.79. The van der Waals surface area contributed by atoms with Crippen LogP contribution >= 0.6 is 12.6 Å². The molecule has 0 radical (unpaired) electrons. The molecule has 0 bridgehead atoms. The Labute approximate surface area is 190 Å². The van der Waals surface area contributed by atoms with Crippen LogP contribution in [0.4, 0.5) is 0 Å². The molecule has 0 aromatic heterocycles. The Morgan fingerprint density at radius 2 is 1.39 bits per heavy atom. The van der Waals surface area contributed by atoms with Gasteiger partial charge in [0.1, 0.15) is 18.1 Å². The summed E-state index contributed by atoms with van der Waals surface area (Å²) in [4.78, 5) is 49.2. The van der Waals surface area contributed by atoms with Crippen molar-refractivity contribution in [2.24, 2.45) is 23.3 Å². The number of carbonyl (C=O) groups is 4. The fourth-order valence-corrected chi connectivity index (χ4v) is 3.01. The van der Waals surface area contributed by atoms with Crippen LogP contribution in [0.2, 0.25) is 0 Å². The van der Waals surface area contributed by atoms with Gasteiger partial charge in [0.25, 0.3) is 0 Å². The van der Waals surface area contributed by atoms with Gasteiger partial charge >= 0.3 is 5.97 Å². The first-order chi connectivity index (χ1) is 14.4. The van der Waals surface area contributed by atoms with Gasteiger partial charge in [-0.25, -0.2) is 4.79 Å². The van der Waals surface area contributed by atoms with Crippen molar-refractivity contribution in [2.75, 3.05) is 12.3 Å². The number of carbonyl (C=O) groups excluding carboxylic acids is 3. The van der Waals surface area contributed by atoms with Crippen LogP contribution in [0.15, 0.2) is 0 Å². The van der Waals surface area contributed by atoms with E-state index in [-0.39, 0.29) is 24.0 Å². The Morgan fingerprint density at radius 3 is 1.84 bits per heavy atom. The van der Waals surface area contributed by atoms with Crippen LogP contribution in [0.1, 0.15) is 53.4 Å². The fraction of sp³-hybridized carbons (Fsp3) is 0.800. The number of carboxylic acids is 1. The van der Waals surface area contributed by atoms with Gasteiger partial charge in [-0.3, -0.25) is 14.4 Å². The molecule has 4 unspecified atom stereocenters. The molecule has 0 aliphatic rings. The number of aliphatic carboxylic acids is 1. The van der Waals surface area contributed by atoms with Gasteiger partial charge in [-0.1, -0.05) is 27.7 Å². The molecule has 0 aromatic rings. The first kappa shape index (κ1) is 29.1. The molecule has 4 atom stereocenters. The molecule has 0 aliphatic heterocycles. The number of hydrogen-bond donors (Lipinski definition) is 7. The molecule has 0 saturated heterocycles. The monoisotopic (exact) mass is 461 g/mol. The van der Waals surface area contributed by atoms with E-state index in [0.717, 1.165) is 0 Å². The van der Waals surface area contributed by atoms with Crippen molar-refractivity contribution in [3.63, 3.8) is 0 Å². The predicted octanol–water partition coefficient (Wildman–Crippen LogP) is -0.386. The number of hydrogen-bond acceptors (Lipinski definition) is 7. The highest BCUT2D eigenvalue weighted by Crippen LogP contribution is 2.09. The van der Waals surface area contributed by atoms with Crippen LogP contribution in [0.3, 0.4) is 0 Å². The Bertz CT molecular complexity index is 603. The van der Waals surface area contributed by atoms with E-state index < -0.39 is 47.9 Å². The number of nitrogens with one attached hydrogen (secondary N) is 3. The molecule has 11 heteroatoms. The zero-order valence-electron chi connectivity index (χ0n) is 18.9. The summed E-state index contributed by atoms with van der Waals surface area (Å²) in [5.74, 6) is -2.92. The third kappa shape index (κ3) is 11.4. The average Bonchev–Trinajstić information content (AvgIpc) is 2.69. The van der Waals surface area contributed by atoms with E-state index in [4.69, 9.17) is 16.6 Å². The van der Waals surface area contributed by atoms with Crippen LogP contribution in [0.25, 0.3) is 0 Å². The van der Waals surface area contributed by atoms with Gasteiger partial charge in [-0.05, 0) is 44.1 Å². The minimum absolute atomic E-state index is 0.0936. The molecule has 8 N–H and O–H groups in total. The van der Waals surface area contributed by atoms with Gasteiger partial charge in [0, 0.05) is 5.75 Å². The molecular formula is C20H39N5O5S. The third-order valence-corrected chi connectivity index (χ3v) is 5.10. The van der Waals surface area contributed by atoms with E-state index >= 15 is 0 Å². The highest BCUT2D eigenvalue weighted by Gasteiger charge is 2.30. The number of amides is 3. The standard InChI is InChI=1S/C20H39N5O5S/c1-11(2)9-14(24-19(28)16(22)12(3)4)18(27)23-13(7-5-6-8-21)17(26)25-15(10-31)20(29)30/h11-16,31H,5-10,21-22H2,1-4H3,(H,23,27)(H,24,28)(H,25,26)(H,29,30). The summed E-state index contributed by atoms with van der Waals surface area (Å²) in [6.07, 6.45) is 1.84. The van der Waals surface area contributed by atoms with Crippen LogP contribution in [-0.4, -0.2) is 65.3 Å². The largest absolute Gasteiger partial charge is 0.480 e. The Morgan fingerprint density at radius 1 is 0.871 bits per heavy atom. The minimum atomic E-state index is -1.22. The van der Waals surface area contributed by atoms with Gasteiger partial charge in [0.15, 0.2) is 0 Å². The summed E-state index contributed by atoms with van der Waals surface area (Å²) in [5.41, 5.74) is 11.4. The summed E-state index contributed by atoms with van der Waals surface area (Å²) in [5, 5.41) is 16.9. The molecule has 3 amide bonds. The van der Waals surface area contributed by atoms with Crippen molar-refractivity contribution < 1.29 is 24.3 Å². The second kappa shape index (κ2) is 15.0. The molecular weight excluding hydrogens is 422 g/mol. The number of rotatable bonds is 15. The summed E-state index contributed by atoms with van der Waals surface area (Å²) in [6.45, 7) is 7.85. The summed E-state index contributed by atoms with van der Waals surface area (Å²) >= 11 is 3.94. The maximum absolute atomic E-state index is 12.9. The minimum Gasteiger partial charge on any atom is -0.480 e. The highest BCUT2D eigenvalue weighted by atomic mass is 32.1. The molecule has 31 heavy (non-hydrogen) atoms. The zero-order valence-corrected chi connectivity index (χ0v) is 19.8. The average molecular weight is 462 g/mol. The molecule has 180 valence electrons. The van der Waals surface area contributed by atoms with Gasteiger partial charge in [0.05, 0.1) is 6.04 Å². The van der Waals surface area contributed by atoms with Crippen LogP contribution in [0, 0.1) is 11.8 Å². The topological polar surface area (TPSA) is 177 Å². The zero-order chi connectivity index (χ0) is 24.1. The molecule has 0 saturated carbocycles. The fourth-order valence-electron chi connectivity index (χ4n) is 2.77. The summed E-state index contributed by atoms with van der Waals surface area (Å²) < 4.78 is 0. The SMILES string of the molecule is CC(C)CC(NC(=O)C(N)C(C)C)C(=O)NC(CCCCN)C(=O)NC(CS)C(=O)O. The first-order valence-electron chi connectivity index (χ1n) is 10.6. The van der Waals surface area contributed by atoms with Crippen molar-refractivity contribution in [1.82, 2.24) is 16.0 Å². The second-order valence-electron chi connectivity index (χ2n) is 8.39. The highest BCUT2D eigenvalue weighted by molar-refractivity contribution is 7.80. The van der Waals surface area contributed by atoms with E-state index in [9.17, 15) is 19.2 Å². The lowest BCUT2D eigenvalue weighted by molar-refractivity contribution is -0.141. The Hall–Kier alpha value is -1.85. The molecule has 0 heterocycles. The van der Waals surface area contributed by atoms with Crippen molar-refractivity contribution in [2.45, 2.75) is 77.5 Å².